The van der Waals surface area contributed by atoms with E-state index in [2.05, 4.69) is 19.2 Å². The molecule has 19 heavy (non-hydrogen) atoms. The molecule has 0 atom stereocenters. The third-order valence-corrected chi connectivity index (χ3v) is 3.14. The van der Waals surface area contributed by atoms with Gasteiger partial charge in [0.1, 0.15) is 5.75 Å². The Balaban J connectivity index is 1.99. The van der Waals surface area contributed by atoms with Crippen LogP contribution in [-0.4, -0.2) is 18.6 Å². The zero-order chi connectivity index (χ0) is 13.8. The first-order chi connectivity index (χ1) is 9.06. The normalized spacial score (nSPS) is 14.5. The summed E-state index contributed by atoms with van der Waals surface area (Å²) in [5.41, 5.74) is 7.05. The molecule has 4 heteroatoms. The molecule has 1 fully saturated rings. The maximum atomic E-state index is 11.9. The molecule has 1 saturated carbocycles. The first-order valence-electron chi connectivity index (χ1n) is 6.89. The van der Waals surface area contributed by atoms with Gasteiger partial charge in [-0.2, -0.15) is 0 Å². The summed E-state index contributed by atoms with van der Waals surface area (Å²) >= 11 is 0. The van der Waals surface area contributed by atoms with Crippen LogP contribution < -0.4 is 15.8 Å². The molecular formula is C15H22N2O2. The number of nitrogens with one attached hydrogen (secondary N) is 1. The Labute approximate surface area is 114 Å². The Kier molecular flexibility index (Phi) is 4.30. The molecule has 0 aliphatic heterocycles. The van der Waals surface area contributed by atoms with E-state index in [1.54, 1.807) is 18.2 Å². The van der Waals surface area contributed by atoms with E-state index in [1.165, 1.54) is 0 Å². The number of anilines is 1. The van der Waals surface area contributed by atoms with E-state index in [4.69, 9.17) is 10.5 Å². The summed E-state index contributed by atoms with van der Waals surface area (Å²) in [5.74, 6) is 1.14. The molecule has 1 aromatic carbocycles. The van der Waals surface area contributed by atoms with Crippen molar-refractivity contribution in [3.63, 3.8) is 0 Å². The van der Waals surface area contributed by atoms with Gasteiger partial charge in [-0.1, -0.05) is 13.8 Å². The van der Waals surface area contributed by atoms with Gasteiger partial charge in [-0.15, -0.1) is 0 Å². The van der Waals surface area contributed by atoms with Crippen LogP contribution in [-0.2, 0) is 0 Å². The van der Waals surface area contributed by atoms with Gasteiger partial charge in [0.25, 0.3) is 5.91 Å². The van der Waals surface area contributed by atoms with Gasteiger partial charge in [0.15, 0.2) is 0 Å². The molecule has 0 aromatic heterocycles. The number of hydrogen-bond donors (Lipinski definition) is 2. The van der Waals surface area contributed by atoms with Gasteiger partial charge in [0.05, 0.1) is 12.3 Å². The molecule has 4 nitrogen and oxygen atoms in total. The molecular weight excluding hydrogens is 240 g/mol. The smallest absolute Gasteiger partial charge is 0.251 e. The number of carbonyl (C=O) groups is 1. The monoisotopic (exact) mass is 262 g/mol. The number of hydrogen-bond acceptors (Lipinski definition) is 3. The second kappa shape index (κ2) is 5.95. The predicted octanol–water partition coefficient (Wildman–Crippen LogP) is 2.59. The lowest BCUT2D eigenvalue weighted by Crippen LogP contribution is -2.25. The molecule has 2 rings (SSSR count). The van der Waals surface area contributed by atoms with E-state index in [9.17, 15) is 4.79 Å². The topological polar surface area (TPSA) is 64.3 Å². The van der Waals surface area contributed by atoms with Crippen LogP contribution in [0.5, 0.6) is 5.75 Å². The maximum Gasteiger partial charge on any atom is 0.251 e. The lowest BCUT2D eigenvalue weighted by Gasteiger charge is -2.12. The van der Waals surface area contributed by atoms with Crippen LogP contribution in [0, 0.1) is 5.92 Å². The largest absolute Gasteiger partial charge is 0.491 e. The molecule has 3 N–H and O–H groups in total. The molecule has 0 heterocycles. The summed E-state index contributed by atoms with van der Waals surface area (Å²) in [4.78, 5) is 11.9. The summed E-state index contributed by atoms with van der Waals surface area (Å²) in [6, 6.07) is 5.55. The number of benzene rings is 1. The lowest BCUT2D eigenvalue weighted by atomic mass is 10.1. The summed E-state index contributed by atoms with van der Waals surface area (Å²) in [5, 5.41) is 2.96. The summed E-state index contributed by atoms with van der Waals surface area (Å²) in [6.45, 7) is 4.91. The van der Waals surface area contributed by atoms with Gasteiger partial charge in [0.2, 0.25) is 0 Å². The van der Waals surface area contributed by atoms with Gasteiger partial charge >= 0.3 is 0 Å². The zero-order valence-electron chi connectivity index (χ0n) is 11.6. The van der Waals surface area contributed by atoms with E-state index in [1.807, 2.05) is 0 Å². The van der Waals surface area contributed by atoms with Crippen molar-refractivity contribution in [2.75, 3.05) is 12.3 Å². The minimum atomic E-state index is -0.0452. The van der Waals surface area contributed by atoms with Crippen molar-refractivity contribution < 1.29 is 9.53 Å². The zero-order valence-corrected chi connectivity index (χ0v) is 11.6. The van der Waals surface area contributed by atoms with E-state index >= 15 is 0 Å². The van der Waals surface area contributed by atoms with E-state index < -0.39 is 0 Å². The molecule has 1 aromatic rings. The first kappa shape index (κ1) is 13.7. The average Bonchev–Trinajstić information content (AvgIpc) is 3.15. The van der Waals surface area contributed by atoms with Gasteiger partial charge in [0, 0.05) is 11.6 Å². The summed E-state index contributed by atoms with van der Waals surface area (Å²) in [6.07, 6.45) is 3.13. The highest BCUT2D eigenvalue weighted by molar-refractivity contribution is 5.95. The minimum Gasteiger partial charge on any atom is -0.491 e. The SMILES string of the molecule is CC(C)CCOc1cc(C(=O)NC2CC2)ccc1N. The third-order valence-electron chi connectivity index (χ3n) is 3.14. The van der Waals surface area contributed by atoms with Crippen LogP contribution in [0.2, 0.25) is 0 Å². The number of nitrogen functional groups attached to an aromatic ring is 1. The Morgan fingerprint density at radius 3 is 2.84 bits per heavy atom. The highest BCUT2D eigenvalue weighted by Gasteiger charge is 2.24. The van der Waals surface area contributed by atoms with E-state index in [-0.39, 0.29) is 5.91 Å². The van der Waals surface area contributed by atoms with Crippen molar-refractivity contribution in [2.45, 2.75) is 39.2 Å². The highest BCUT2D eigenvalue weighted by atomic mass is 16.5. The van der Waals surface area contributed by atoms with Crippen molar-refractivity contribution >= 4 is 11.6 Å². The fourth-order valence-electron chi connectivity index (χ4n) is 1.70. The molecule has 104 valence electrons. The standard InChI is InChI=1S/C15H22N2O2/c1-10(2)7-8-19-14-9-11(3-6-13(14)16)15(18)17-12-4-5-12/h3,6,9-10,12H,4-5,7-8,16H2,1-2H3,(H,17,18). The fraction of sp³-hybridized carbons (Fsp3) is 0.533. The molecule has 0 bridgehead atoms. The summed E-state index contributed by atoms with van der Waals surface area (Å²) in [7, 11) is 0. The molecule has 1 aliphatic rings. The number of nitrogens with two attached hydrogens (primary N) is 1. The van der Waals surface area contributed by atoms with Crippen molar-refractivity contribution in [3.05, 3.63) is 23.8 Å². The second-order valence-electron chi connectivity index (χ2n) is 5.53. The number of amides is 1. The Hall–Kier alpha value is -1.71. The van der Waals surface area contributed by atoms with E-state index in [0.29, 0.717) is 35.6 Å². The molecule has 0 spiro atoms. The van der Waals surface area contributed by atoms with Crippen LogP contribution in [0.4, 0.5) is 5.69 Å². The van der Waals surface area contributed by atoms with Crippen molar-refractivity contribution in [2.24, 2.45) is 5.92 Å². The Bertz CT molecular complexity index is 453. The molecule has 0 unspecified atom stereocenters. The van der Waals surface area contributed by atoms with Gasteiger partial charge in [-0.3, -0.25) is 4.79 Å². The number of rotatable bonds is 6. The molecule has 0 radical (unpaired) electrons. The van der Waals surface area contributed by atoms with Crippen LogP contribution in [0.25, 0.3) is 0 Å². The Morgan fingerprint density at radius 2 is 2.21 bits per heavy atom. The second-order valence-corrected chi connectivity index (χ2v) is 5.53. The first-order valence-corrected chi connectivity index (χ1v) is 6.89. The van der Waals surface area contributed by atoms with Crippen molar-refractivity contribution in [1.82, 2.24) is 5.32 Å². The van der Waals surface area contributed by atoms with Gasteiger partial charge < -0.3 is 15.8 Å². The molecule has 1 amide bonds. The fourth-order valence-corrected chi connectivity index (χ4v) is 1.70. The van der Waals surface area contributed by atoms with Gasteiger partial charge in [-0.25, -0.2) is 0 Å². The van der Waals surface area contributed by atoms with Crippen LogP contribution >= 0.6 is 0 Å². The molecule has 1 aliphatic carbocycles. The number of ether oxygens (including phenoxy) is 1. The highest BCUT2D eigenvalue weighted by Crippen LogP contribution is 2.24. The lowest BCUT2D eigenvalue weighted by molar-refractivity contribution is 0.0950. The quantitative estimate of drug-likeness (QED) is 0.774. The van der Waals surface area contributed by atoms with Crippen LogP contribution in [0.1, 0.15) is 43.5 Å². The third kappa shape index (κ3) is 4.16. The van der Waals surface area contributed by atoms with Crippen molar-refractivity contribution in [1.29, 1.82) is 0 Å². The Morgan fingerprint density at radius 1 is 1.47 bits per heavy atom. The predicted molar refractivity (Wildman–Crippen MR) is 76.3 cm³/mol. The maximum absolute atomic E-state index is 11.9. The minimum absolute atomic E-state index is 0.0452. The van der Waals surface area contributed by atoms with Crippen LogP contribution in [0.15, 0.2) is 18.2 Å². The van der Waals surface area contributed by atoms with E-state index in [0.717, 1.165) is 19.3 Å². The van der Waals surface area contributed by atoms with Crippen LogP contribution in [0.3, 0.4) is 0 Å². The average molecular weight is 262 g/mol. The summed E-state index contributed by atoms with van der Waals surface area (Å²) < 4.78 is 5.65. The molecule has 0 saturated heterocycles. The van der Waals surface area contributed by atoms with Gasteiger partial charge in [-0.05, 0) is 43.4 Å². The number of carbonyl (C=O) groups excluding carboxylic acids is 1. The van der Waals surface area contributed by atoms with Crippen molar-refractivity contribution in [3.8, 4) is 5.75 Å².